The van der Waals surface area contributed by atoms with Crippen LogP contribution in [-0.2, 0) is 19.4 Å². The van der Waals surface area contributed by atoms with Gasteiger partial charge in [0, 0.05) is 12.1 Å². The number of aryl methyl sites for hydroxylation is 1. The van der Waals surface area contributed by atoms with Crippen molar-refractivity contribution in [1.29, 1.82) is 0 Å². The molecular weight excluding hydrogens is 280 g/mol. The van der Waals surface area contributed by atoms with Gasteiger partial charge in [-0.25, -0.2) is 4.98 Å². The van der Waals surface area contributed by atoms with Crippen LogP contribution < -0.4 is 5.32 Å². The average Bonchev–Trinajstić information content (AvgIpc) is 3.18. The molecule has 112 valence electrons. The van der Waals surface area contributed by atoms with Gasteiger partial charge in [-0.2, -0.15) is 0 Å². The normalized spacial score (nSPS) is 14.0. The number of carbonyl (C=O) groups excluding carboxylic acids is 1. The van der Waals surface area contributed by atoms with Crippen molar-refractivity contribution in [3.8, 4) is 0 Å². The van der Waals surface area contributed by atoms with Gasteiger partial charge in [-0.05, 0) is 43.4 Å². The fourth-order valence-electron chi connectivity index (χ4n) is 2.92. The summed E-state index contributed by atoms with van der Waals surface area (Å²) in [4.78, 5) is 19.5. The van der Waals surface area contributed by atoms with Gasteiger partial charge in [0.25, 0.3) is 5.91 Å². The Kier molecular flexibility index (Phi) is 3.14. The van der Waals surface area contributed by atoms with Gasteiger partial charge in [0.2, 0.25) is 5.76 Å². The van der Waals surface area contributed by atoms with E-state index in [4.69, 9.17) is 4.52 Å². The molecule has 1 aromatic carbocycles. The van der Waals surface area contributed by atoms with Crippen LogP contribution in [0, 0.1) is 0 Å². The molecule has 6 heteroatoms. The number of carbonyl (C=O) groups is 1. The quantitative estimate of drug-likeness (QED) is 0.777. The molecule has 22 heavy (non-hydrogen) atoms. The molecule has 0 aliphatic heterocycles. The number of fused-ring (bicyclic) bond motifs is 2. The topological polar surface area (TPSA) is 83.8 Å². The maximum absolute atomic E-state index is 12.3. The monoisotopic (exact) mass is 296 g/mol. The van der Waals surface area contributed by atoms with Crippen molar-refractivity contribution in [1.82, 2.24) is 20.4 Å². The highest BCUT2D eigenvalue weighted by molar-refractivity contribution is 5.93. The van der Waals surface area contributed by atoms with E-state index in [1.54, 1.807) is 6.33 Å². The van der Waals surface area contributed by atoms with Gasteiger partial charge in [0.05, 0.1) is 23.1 Å². The van der Waals surface area contributed by atoms with Crippen LogP contribution in [0.25, 0.3) is 11.0 Å². The summed E-state index contributed by atoms with van der Waals surface area (Å²) in [5.74, 6) is 0.178. The number of H-pyrrole nitrogens is 1. The molecule has 0 atom stereocenters. The van der Waals surface area contributed by atoms with Crippen LogP contribution in [0.4, 0.5) is 0 Å². The van der Waals surface area contributed by atoms with Crippen molar-refractivity contribution < 1.29 is 9.32 Å². The fourth-order valence-corrected chi connectivity index (χ4v) is 2.92. The number of nitrogens with one attached hydrogen (secondary N) is 2. The Balaban J connectivity index is 1.49. The van der Waals surface area contributed by atoms with Crippen LogP contribution in [0.1, 0.15) is 40.2 Å². The number of amides is 1. The number of rotatable bonds is 3. The number of aromatic amines is 1. The third-order valence-corrected chi connectivity index (χ3v) is 4.10. The number of hydrogen-bond acceptors (Lipinski definition) is 4. The second kappa shape index (κ2) is 5.29. The lowest BCUT2D eigenvalue weighted by molar-refractivity contribution is 0.0912. The molecule has 0 saturated heterocycles. The van der Waals surface area contributed by atoms with Crippen molar-refractivity contribution in [3.05, 3.63) is 47.1 Å². The van der Waals surface area contributed by atoms with Gasteiger partial charge in [-0.1, -0.05) is 11.2 Å². The minimum absolute atomic E-state index is 0.194. The second-order valence-electron chi connectivity index (χ2n) is 5.58. The van der Waals surface area contributed by atoms with E-state index in [9.17, 15) is 4.79 Å². The predicted molar refractivity (Wildman–Crippen MR) is 80.4 cm³/mol. The first kappa shape index (κ1) is 13.1. The third-order valence-electron chi connectivity index (χ3n) is 4.10. The number of benzene rings is 1. The summed E-state index contributed by atoms with van der Waals surface area (Å²) in [6, 6.07) is 5.88. The number of aromatic nitrogens is 3. The maximum atomic E-state index is 12.3. The molecule has 0 radical (unpaired) electrons. The summed E-state index contributed by atoms with van der Waals surface area (Å²) in [5, 5.41) is 6.92. The van der Waals surface area contributed by atoms with Gasteiger partial charge >= 0.3 is 0 Å². The van der Waals surface area contributed by atoms with Crippen molar-refractivity contribution in [3.63, 3.8) is 0 Å². The number of nitrogens with zero attached hydrogens (tertiary/aromatic N) is 2. The average molecular weight is 296 g/mol. The molecule has 3 aromatic rings. The Morgan fingerprint density at radius 1 is 1.32 bits per heavy atom. The van der Waals surface area contributed by atoms with E-state index in [-0.39, 0.29) is 5.91 Å². The Labute approximate surface area is 126 Å². The van der Waals surface area contributed by atoms with E-state index in [1.807, 2.05) is 18.2 Å². The zero-order valence-corrected chi connectivity index (χ0v) is 12.1. The lowest BCUT2D eigenvalue weighted by Gasteiger charge is -2.09. The first-order valence-corrected chi connectivity index (χ1v) is 7.49. The molecule has 4 rings (SSSR count). The third kappa shape index (κ3) is 2.26. The van der Waals surface area contributed by atoms with Gasteiger partial charge in [0.15, 0.2) is 0 Å². The Morgan fingerprint density at radius 2 is 2.23 bits per heavy atom. The van der Waals surface area contributed by atoms with Crippen molar-refractivity contribution >= 4 is 16.9 Å². The summed E-state index contributed by atoms with van der Waals surface area (Å²) in [6.45, 7) is 0.448. The van der Waals surface area contributed by atoms with E-state index in [1.165, 1.54) is 0 Å². The van der Waals surface area contributed by atoms with Crippen LogP contribution in [0.2, 0.25) is 0 Å². The van der Waals surface area contributed by atoms with Crippen molar-refractivity contribution in [2.75, 3.05) is 0 Å². The van der Waals surface area contributed by atoms with Crippen LogP contribution >= 0.6 is 0 Å². The highest BCUT2D eigenvalue weighted by atomic mass is 16.5. The molecule has 6 nitrogen and oxygen atoms in total. The molecule has 1 amide bonds. The Hall–Kier alpha value is -2.63. The first-order valence-electron chi connectivity index (χ1n) is 7.49. The molecule has 0 spiro atoms. The van der Waals surface area contributed by atoms with Crippen LogP contribution in [0.5, 0.6) is 0 Å². The molecule has 0 unspecified atom stereocenters. The van der Waals surface area contributed by atoms with Crippen LogP contribution in [-0.4, -0.2) is 21.0 Å². The summed E-state index contributed by atoms with van der Waals surface area (Å²) in [5.41, 5.74) is 4.81. The van der Waals surface area contributed by atoms with Crippen molar-refractivity contribution in [2.45, 2.75) is 32.2 Å². The highest BCUT2D eigenvalue weighted by Gasteiger charge is 2.23. The number of hydrogen-bond donors (Lipinski definition) is 2. The lowest BCUT2D eigenvalue weighted by Crippen LogP contribution is -2.23. The molecule has 2 N–H and O–H groups in total. The Bertz CT molecular complexity index is 834. The molecule has 0 saturated carbocycles. The minimum atomic E-state index is -0.194. The fraction of sp³-hybridized carbons (Fsp3) is 0.312. The second-order valence-corrected chi connectivity index (χ2v) is 5.58. The molecular formula is C16H16N4O2. The summed E-state index contributed by atoms with van der Waals surface area (Å²) >= 11 is 0. The number of imidazole rings is 1. The highest BCUT2D eigenvalue weighted by Crippen LogP contribution is 2.23. The summed E-state index contributed by atoms with van der Waals surface area (Å²) in [7, 11) is 0. The molecule has 0 fully saturated rings. The predicted octanol–water partition coefficient (Wildman–Crippen LogP) is 2.36. The van der Waals surface area contributed by atoms with Crippen LogP contribution in [0.3, 0.4) is 0 Å². The molecule has 1 aliphatic carbocycles. The summed E-state index contributed by atoms with van der Waals surface area (Å²) in [6.07, 6.45) is 5.65. The van der Waals surface area contributed by atoms with E-state index in [0.717, 1.165) is 53.5 Å². The van der Waals surface area contributed by atoms with E-state index in [2.05, 4.69) is 20.4 Å². The lowest BCUT2D eigenvalue weighted by atomic mass is 9.96. The minimum Gasteiger partial charge on any atom is -0.350 e. The van der Waals surface area contributed by atoms with Crippen molar-refractivity contribution in [2.24, 2.45) is 0 Å². The largest absolute Gasteiger partial charge is 0.350 e. The van der Waals surface area contributed by atoms with Gasteiger partial charge in [-0.15, -0.1) is 0 Å². The maximum Gasteiger partial charge on any atom is 0.290 e. The molecule has 1 aliphatic rings. The molecule has 2 heterocycles. The van der Waals surface area contributed by atoms with Gasteiger partial charge in [-0.3, -0.25) is 4.79 Å². The Morgan fingerprint density at radius 3 is 3.18 bits per heavy atom. The summed E-state index contributed by atoms with van der Waals surface area (Å²) < 4.78 is 5.25. The van der Waals surface area contributed by atoms with Gasteiger partial charge < -0.3 is 14.8 Å². The zero-order valence-electron chi connectivity index (χ0n) is 12.1. The SMILES string of the molecule is O=C(NCc1ccc2nc[nH]c2c1)c1onc2c1CCCC2. The van der Waals surface area contributed by atoms with E-state index in [0.29, 0.717) is 12.3 Å². The molecule has 0 bridgehead atoms. The van der Waals surface area contributed by atoms with E-state index >= 15 is 0 Å². The van der Waals surface area contributed by atoms with Gasteiger partial charge in [0.1, 0.15) is 0 Å². The molecule has 2 aromatic heterocycles. The first-order chi connectivity index (χ1) is 10.8. The van der Waals surface area contributed by atoms with Crippen LogP contribution in [0.15, 0.2) is 29.0 Å². The van der Waals surface area contributed by atoms with E-state index < -0.39 is 0 Å². The zero-order chi connectivity index (χ0) is 14.9. The standard InChI is InChI=1S/C16H16N4O2/c21-16(15-11-3-1-2-4-12(11)20-22-15)17-8-10-5-6-13-14(7-10)19-9-18-13/h5-7,9H,1-4,8H2,(H,17,21)(H,18,19). The smallest absolute Gasteiger partial charge is 0.290 e.